The molecule has 0 spiro atoms. The molecule has 0 heterocycles. The molecule has 18 heavy (non-hydrogen) atoms. The van der Waals surface area contributed by atoms with Gasteiger partial charge in [0.2, 0.25) is 5.91 Å². The number of benzene rings is 1. The predicted octanol–water partition coefficient (Wildman–Crippen LogP) is 1.33. The molecule has 1 aromatic carbocycles. The molecule has 5 nitrogen and oxygen atoms in total. The van der Waals surface area contributed by atoms with Crippen molar-refractivity contribution >= 4 is 18.0 Å². The number of aromatic hydroxyl groups is 1. The highest BCUT2D eigenvalue weighted by molar-refractivity contribution is 5.90. The Morgan fingerprint density at radius 2 is 2.17 bits per heavy atom. The quantitative estimate of drug-likeness (QED) is 0.789. The number of carbonyl (C=O) groups excluding carboxylic acids is 2. The SMILES string of the molecule is COC(=O)c1ccc(C=CCNC(C)=O)c(O)c1. The number of hydrogen-bond acceptors (Lipinski definition) is 4. The van der Waals surface area contributed by atoms with Crippen molar-refractivity contribution in [1.82, 2.24) is 5.32 Å². The monoisotopic (exact) mass is 249 g/mol. The minimum atomic E-state index is -0.501. The number of amides is 1. The third-order valence-corrected chi connectivity index (χ3v) is 2.22. The lowest BCUT2D eigenvalue weighted by atomic mass is 10.1. The number of esters is 1. The van der Waals surface area contributed by atoms with Crippen molar-refractivity contribution in [2.75, 3.05) is 13.7 Å². The second kappa shape index (κ2) is 6.44. The van der Waals surface area contributed by atoms with E-state index in [1.165, 1.54) is 20.1 Å². The second-order valence-electron chi connectivity index (χ2n) is 3.60. The van der Waals surface area contributed by atoms with Crippen LogP contribution < -0.4 is 5.32 Å². The Morgan fingerprint density at radius 1 is 1.44 bits per heavy atom. The summed E-state index contributed by atoms with van der Waals surface area (Å²) in [6.45, 7) is 1.81. The average Bonchev–Trinajstić information content (AvgIpc) is 2.34. The van der Waals surface area contributed by atoms with Crippen LogP contribution in [-0.2, 0) is 9.53 Å². The van der Waals surface area contributed by atoms with Crippen LogP contribution >= 0.6 is 0 Å². The fraction of sp³-hybridized carbons (Fsp3) is 0.231. The molecular weight excluding hydrogens is 234 g/mol. The van der Waals surface area contributed by atoms with Gasteiger partial charge in [0.15, 0.2) is 0 Å². The molecule has 5 heteroatoms. The Labute approximate surface area is 105 Å². The fourth-order valence-corrected chi connectivity index (χ4v) is 1.32. The lowest BCUT2D eigenvalue weighted by Crippen LogP contribution is -2.19. The molecule has 0 radical (unpaired) electrons. The molecule has 96 valence electrons. The van der Waals surface area contributed by atoms with Gasteiger partial charge in [-0.15, -0.1) is 0 Å². The molecular formula is C13H15NO4. The van der Waals surface area contributed by atoms with Gasteiger partial charge in [0.1, 0.15) is 5.75 Å². The molecule has 0 aromatic heterocycles. The van der Waals surface area contributed by atoms with Crippen molar-refractivity contribution in [3.63, 3.8) is 0 Å². The minimum Gasteiger partial charge on any atom is -0.507 e. The van der Waals surface area contributed by atoms with E-state index in [0.717, 1.165) is 0 Å². The maximum Gasteiger partial charge on any atom is 0.337 e. The zero-order chi connectivity index (χ0) is 13.5. The molecule has 1 rings (SSSR count). The maximum absolute atomic E-state index is 11.2. The van der Waals surface area contributed by atoms with E-state index in [4.69, 9.17) is 0 Å². The standard InChI is InChI=1S/C13H15NO4/c1-9(15)14-7-3-4-10-5-6-11(8-12(10)16)13(17)18-2/h3-6,8,16H,7H2,1-2H3,(H,14,15). The fourth-order valence-electron chi connectivity index (χ4n) is 1.32. The first-order chi connectivity index (χ1) is 8.54. The molecule has 0 aliphatic rings. The Hall–Kier alpha value is -2.30. The molecule has 1 amide bonds. The van der Waals surface area contributed by atoms with Gasteiger partial charge in [-0.25, -0.2) is 4.79 Å². The molecule has 0 bridgehead atoms. The number of carbonyl (C=O) groups is 2. The first-order valence-electron chi connectivity index (χ1n) is 5.37. The largest absolute Gasteiger partial charge is 0.507 e. The van der Waals surface area contributed by atoms with Crippen LogP contribution in [0.15, 0.2) is 24.3 Å². The average molecular weight is 249 g/mol. The van der Waals surface area contributed by atoms with Gasteiger partial charge in [-0.2, -0.15) is 0 Å². The number of ether oxygens (including phenoxy) is 1. The highest BCUT2D eigenvalue weighted by atomic mass is 16.5. The Balaban J connectivity index is 2.73. The van der Waals surface area contributed by atoms with E-state index >= 15 is 0 Å². The second-order valence-corrected chi connectivity index (χ2v) is 3.60. The van der Waals surface area contributed by atoms with Crippen LogP contribution in [0.2, 0.25) is 0 Å². The maximum atomic E-state index is 11.2. The highest BCUT2D eigenvalue weighted by Gasteiger charge is 2.07. The number of methoxy groups -OCH3 is 1. The normalized spacial score (nSPS) is 10.3. The van der Waals surface area contributed by atoms with Crippen LogP contribution in [0.1, 0.15) is 22.8 Å². The molecule has 0 aliphatic carbocycles. The van der Waals surface area contributed by atoms with Gasteiger partial charge in [0.05, 0.1) is 12.7 Å². The molecule has 0 aliphatic heterocycles. The van der Waals surface area contributed by atoms with Crippen molar-refractivity contribution in [1.29, 1.82) is 0 Å². The van der Waals surface area contributed by atoms with E-state index in [9.17, 15) is 14.7 Å². The van der Waals surface area contributed by atoms with Gasteiger partial charge in [-0.05, 0) is 12.1 Å². The third-order valence-electron chi connectivity index (χ3n) is 2.22. The Kier molecular flexibility index (Phi) is 4.92. The number of nitrogens with one attached hydrogen (secondary N) is 1. The summed E-state index contributed by atoms with van der Waals surface area (Å²) in [5.74, 6) is -0.638. The Morgan fingerprint density at radius 3 is 2.72 bits per heavy atom. The van der Waals surface area contributed by atoms with Crippen molar-refractivity contribution in [2.45, 2.75) is 6.92 Å². The van der Waals surface area contributed by atoms with Crippen LogP contribution in [0.4, 0.5) is 0 Å². The Bertz CT molecular complexity index is 480. The molecule has 2 N–H and O–H groups in total. The van der Waals surface area contributed by atoms with E-state index in [-0.39, 0.29) is 17.2 Å². The summed E-state index contributed by atoms with van der Waals surface area (Å²) in [5.41, 5.74) is 0.849. The highest BCUT2D eigenvalue weighted by Crippen LogP contribution is 2.20. The number of hydrogen-bond donors (Lipinski definition) is 2. The summed E-state index contributed by atoms with van der Waals surface area (Å²) in [6, 6.07) is 4.50. The van der Waals surface area contributed by atoms with E-state index in [1.54, 1.807) is 24.3 Å². The van der Waals surface area contributed by atoms with Crippen molar-refractivity contribution < 1.29 is 19.4 Å². The molecule has 0 saturated heterocycles. The van der Waals surface area contributed by atoms with Gasteiger partial charge in [0.25, 0.3) is 0 Å². The summed E-state index contributed by atoms with van der Waals surface area (Å²) in [6.07, 6.45) is 3.36. The van der Waals surface area contributed by atoms with Crippen LogP contribution in [-0.4, -0.2) is 30.6 Å². The molecule has 0 saturated carbocycles. The molecule has 1 aromatic rings. The van der Waals surface area contributed by atoms with Gasteiger partial charge < -0.3 is 15.2 Å². The minimum absolute atomic E-state index is 0.0167. The number of rotatable bonds is 4. The first-order valence-corrected chi connectivity index (χ1v) is 5.37. The van der Waals surface area contributed by atoms with Crippen LogP contribution in [0, 0.1) is 0 Å². The number of phenolic OH excluding ortho intramolecular Hbond substituents is 1. The van der Waals surface area contributed by atoms with E-state index in [0.29, 0.717) is 12.1 Å². The van der Waals surface area contributed by atoms with E-state index in [1.807, 2.05) is 0 Å². The van der Waals surface area contributed by atoms with Gasteiger partial charge >= 0.3 is 5.97 Å². The summed E-state index contributed by atoms with van der Waals surface area (Å²) < 4.78 is 4.54. The predicted molar refractivity (Wildman–Crippen MR) is 67.2 cm³/mol. The smallest absolute Gasteiger partial charge is 0.337 e. The van der Waals surface area contributed by atoms with Crippen LogP contribution in [0.25, 0.3) is 6.08 Å². The van der Waals surface area contributed by atoms with E-state index in [2.05, 4.69) is 10.1 Å². The van der Waals surface area contributed by atoms with Crippen molar-refractivity contribution in [2.24, 2.45) is 0 Å². The lowest BCUT2D eigenvalue weighted by molar-refractivity contribution is -0.118. The van der Waals surface area contributed by atoms with Crippen molar-refractivity contribution in [3.8, 4) is 5.75 Å². The summed E-state index contributed by atoms with van der Waals surface area (Å²) in [7, 11) is 1.28. The summed E-state index contributed by atoms with van der Waals surface area (Å²) in [4.78, 5) is 21.8. The van der Waals surface area contributed by atoms with E-state index < -0.39 is 5.97 Å². The van der Waals surface area contributed by atoms with Gasteiger partial charge in [-0.1, -0.05) is 18.2 Å². The van der Waals surface area contributed by atoms with Crippen LogP contribution in [0.3, 0.4) is 0 Å². The summed E-state index contributed by atoms with van der Waals surface area (Å²) in [5, 5.41) is 12.3. The third kappa shape index (κ3) is 3.93. The lowest BCUT2D eigenvalue weighted by Gasteiger charge is -2.03. The molecule has 0 atom stereocenters. The number of phenols is 1. The molecule has 0 unspecified atom stereocenters. The van der Waals surface area contributed by atoms with Crippen LogP contribution in [0.5, 0.6) is 5.75 Å². The van der Waals surface area contributed by atoms with Gasteiger partial charge in [0, 0.05) is 19.0 Å². The van der Waals surface area contributed by atoms with Crippen molar-refractivity contribution in [3.05, 3.63) is 35.4 Å². The van der Waals surface area contributed by atoms with Gasteiger partial charge in [-0.3, -0.25) is 4.79 Å². The zero-order valence-electron chi connectivity index (χ0n) is 10.3. The topological polar surface area (TPSA) is 75.6 Å². The zero-order valence-corrected chi connectivity index (χ0v) is 10.3. The summed E-state index contributed by atoms with van der Waals surface area (Å²) >= 11 is 0. The molecule has 0 fully saturated rings. The first kappa shape index (κ1) is 13.8.